The highest BCUT2D eigenvalue weighted by atomic mass is 16.5. The Morgan fingerprint density at radius 3 is 3.05 bits per heavy atom. The van der Waals surface area contributed by atoms with Crippen LogP contribution in [-0.4, -0.2) is 17.2 Å². The maximum Gasteiger partial charge on any atom is 0.119 e. The van der Waals surface area contributed by atoms with Crippen molar-refractivity contribution >= 4 is 6.08 Å². The molecular formula is C15H11N2O2-. The van der Waals surface area contributed by atoms with Crippen molar-refractivity contribution in [2.45, 2.75) is 6.04 Å². The normalized spacial score (nSPS) is 18.2. The van der Waals surface area contributed by atoms with E-state index in [4.69, 9.17) is 4.74 Å². The summed E-state index contributed by atoms with van der Waals surface area (Å²) in [5.41, 5.74) is 4.96. The standard InChI is InChI=1S/C15H11N2O2/c1-19-10-2-3-11-12(8-10)15-13-9(5-7-17(15)18)4-6-16-14(11)13/h2-8,15H,1H3/q-1. The van der Waals surface area contributed by atoms with E-state index in [1.807, 2.05) is 30.3 Å². The van der Waals surface area contributed by atoms with Gasteiger partial charge in [-0.05, 0) is 47.7 Å². The zero-order valence-electron chi connectivity index (χ0n) is 10.3. The Bertz CT molecular complexity index is 709. The van der Waals surface area contributed by atoms with Gasteiger partial charge in [-0.3, -0.25) is 4.98 Å². The Morgan fingerprint density at radius 2 is 2.21 bits per heavy atom. The van der Waals surface area contributed by atoms with Crippen molar-refractivity contribution in [3.8, 4) is 17.0 Å². The SMILES string of the molecule is COc1ccc2c(c1)C1c3c(ccnc3-2)C=CN1[O-]. The van der Waals surface area contributed by atoms with E-state index in [2.05, 4.69) is 4.98 Å². The molecule has 0 fully saturated rings. The van der Waals surface area contributed by atoms with Crippen molar-refractivity contribution in [2.24, 2.45) is 0 Å². The summed E-state index contributed by atoms with van der Waals surface area (Å²) < 4.78 is 5.26. The van der Waals surface area contributed by atoms with Crippen LogP contribution in [0.4, 0.5) is 0 Å². The van der Waals surface area contributed by atoms with Crippen LogP contribution in [0, 0.1) is 5.21 Å². The van der Waals surface area contributed by atoms with Crippen molar-refractivity contribution in [2.75, 3.05) is 7.11 Å². The Balaban J connectivity index is 2.04. The molecule has 2 aliphatic rings. The lowest BCUT2D eigenvalue weighted by molar-refractivity contribution is 0.408. The average molecular weight is 251 g/mol. The molecule has 4 nitrogen and oxygen atoms in total. The summed E-state index contributed by atoms with van der Waals surface area (Å²) in [5, 5.41) is 13.1. The van der Waals surface area contributed by atoms with Gasteiger partial charge in [-0.2, -0.15) is 0 Å². The molecule has 1 aromatic carbocycles. The maximum absolute atomic E-state index is 12.1. The topological polar surface area (TPSA) is 48.4 Å². The van der Waals surface area contributed by atoms with E-state index in [1.165, 1.54) is 0 Å². The summed E-state index contributed by atoms with van der Waals surface area (Å²) in [6.45, 7) is 0. The number of hydroxylamine groups is 2. The van der Waals surface area contributed by atoms with Crippen molar-refractivity contribution < 1.29 is 4.74 Å². The van der Waals surface area contributed by atoms with Gasteiger partial charge >= 0.3 is 0 Å². The van der Waals surface area contributed by atoms with Crippen LogP contribution < -0.4 is 4.74 Å². The minimum atomic E-state index is -0.297. The number of aromatic nitrogens is 1. The minimum Gasteiger partial charge on any atom is -0.758 e. The van der Waals surface area contributed by atoms with E-state index >= 15 is 0 Å². The predicted octanol–water partition coefficient (Wildman–Crippen LogP) is 2.94. The molecule has 2 aromatic rings. The number of hydrogen-bond donors (Lipinski definition) is 0. The highest BCUT2D eigenvalue weighted by Crippen LogP contribution is 2.49. The summed E-state index contributed by atoms with van der Waals surface area (Å²) in [7, 11) is 1.63. The molecule has 0 radical (unpaired) electrons. The lowest BCUT2D eigenvalue weighted by Gasteiger charge is -2.37. The van der Waals surface area contributed by atoms with Gasteiger partial charge in [-0.15, -0.1) is 0 Å². The van der Waals surface area contributed by atoms with Crippen LogP contribution in [0.1, 0.15) is 22.7 Å². The zero-order chi connectivity index (χ0) is 13.0. The largest absolute Gasteiger partial charge is 0.758 e. The molecular weight excluding hydrogens is 240 g/mol. The molecule has 1 aromatic heterocycles. The first kappa shape index (κ1) is 10.6. The number of benzene rings is 1. The van der Waals surface area contributed by atoms with Gasteiger partial charge in [0.1, 0.15) is 5.75 Å². The van der Waals surface area contributed by atoms with Crippen LogP contribution in [0.3, 0.4) is 0 Å². The molecule has 2 heterocycles. The monoisotopic (exact) mass is 251 g/mol. The molecule has 0 saturated heterocycles. The van der Waals surface area contributed by atoms with Crippen molar-refractivity contribution in [1.29, 1.82) is 0 Å². The summed E-state index contributed by atoms with van der Waals surface area (Å²) in [5.74, 6) is 0.760. The molecule has 19 heavy (non-hydrogen) atoms. The number of pyridine rings is 1. The van der Waals surface area contributed by atoms with Gasteiger partial charge in [-0.1, -0.05) is 0 Å². The van der Waals surface area contributed by atoms with Gasteiger partial charge in [0.25, 0.3) is 0 Å². The highest BCUT2D eigenvalue weighted by molar-refractivity contribution is 5.81. The molecule has 4 heteroatoms. The second kappa shape index (κ2) is 3.59. The Hall–Kier alpha value is -2.33. The minimum absolute atomic E-state index is 0.297. The average Bonchev–Trinajstić information content (AvgIpc) is 2.79. The fraction of sp³-hybridized carbons (Fsp3) is 0.133. The molecule has 1 unspecified atom stereocenters. The lowest BCUT2D eigenvalue weighted by Crippen LogP contribution is -2.20. The third-order valence-corrected chi connectivity index (χ3v) is 3.76. The van der Waals surface area contributed by atoms with Gasteiger partial charge in [-0.25, -0.2) is 0 Å². The van der Waals surface area contributed by atoms with Gasteiger partial charge in [0.05, 0.1) is 18.8 Å². The Kier molecular flexibility index (Phi) is 2.00. The van der Waals surface area contributed by atoms with Gasteiger partial charge < -0.3 is 15.0 Å². The summed E-state index contributed by atoms with van der Waals surface area (Å²) >= 11 is 0. The second-order valence-electron chi connectivity index (χ2n) is 4.69. The number of nitrogens with zero attached hydrogens (tertiary/aromatic N) is 2. The summed E-state index contributed by atoms with van der Waals surface area (Å²) in [4.78, 5) is 4.44. The fourth-order valence-corrected chi connectivity index (χ4v) is 2.90. The molecule has 0 spiro atoms. The van der Waals surface area contributed by atoms with Crippen LogP contribution in [-0.2, 0) is 0 Å². The van der Waals surface area contributed by atoms with Crippen LogP contribution in [0.15, 0.2) is 36.7 Å². The van der Waals surface area contributed by atoms with Crippen LogP contribution in [0.2, 0.25) is 0 Å². The molecule has 0 N–H and O–H groups in total. The summed E-state index contributed by atoms with van der Waals surface area (Å²) in [6, 6.07) is 7.45. The van der Waals surface area contributed by atoms with E-state index in [0.29, 0.717) is 0 Å². The Morgan fingerprint density at radius 1 is 1.32 bits per heavy atom. The van der Waals surface area contributed by atoms with Crippen molar-refractivity contribution in [3.63, 3.8) is 0 Å². The van der Waals surface area contributed by atoms with Crippen LogP contribution in [0.25, 0.3) is 17.3 Å². The molecule has 1 aliphatic heterocycles. The van der Waals surface area contributed by atoms with Gasteiger partial charge in [0.15, 0.2) is 0 Å². The lowest BCUT2D eigenvalue weighted by atomic mass is 9.99. The summed E-state index contributed by atoms with van der Waals surface area (Å²) in [6.07, 6.45) is 5.20. The van der Waals surface area contributed by atoms with Gasteiger partial charge in [0.2, 0.25) is 0 Å². The van der Waals surface area contributed by atoms with Gasteiger partial charge in [0, 0.05) is 17.3 Å². The molecule has 0 amide bonds. The molecule has 94 valence electrons. The number of methoxy groups -OCH3 is 1. The smallest absolute Gasteiger partial charge is 0.119 e. The van der Waals surface area contributed by atoms with E-state index in [9.17, 15) is 5.21 Å². The molecule has 1 atom stereocenters. The third-order valence-electron chi connectivity index (χ3n) is 3.76. The quantitative estimate of drug-likeness (QED) is 0.781. The zero-order valence-corrected chi connectivity index (χ0v) is 10.3. The fourth-order valence-electron chi connectivity index (χ4n) is 2.90. The van der Waals surface area contributed by atoms with Crippen molar-refractivity contribution in [3.05, 3.63) is 58.6 Å². The van der Waals surface area contributed by atoms with Crippen LogP contribution in [0.5, 0.6) is 5.75 Å². The van der Waals surface area contributed by atoms with Crippen molar-refractivity contribution in [1.82, 2.24) is 10.0 Å². The Labute approximate surface area is 110 Å². The molecule has 1 aliphatic carbocycles. The van der Waals surface area contributed by atoms with Crippen LogP contribution >= 0.6 is 0 Å². The first-order valence-corrected chi connectivity index (χ1v) is 6.10. The first-order chi connectivity index (χ1) is 9.29. The number of hydrogen-bond acceptors (Lipinski definition) is 4. The first-order valence-electron chi connectivity index (χ1n) is 6.10. The highest BCUT2D eigenvalue weighted by Gasteiger charge is 2.33. The maximum atomic E-state index is 12.1. The number of fused-ring (bicyclic) bond motifs is 3. The number of ether oxygens (including phenoxy) is 1. The molecule has 4 rings (SSSR count). The predicted molar refractivity (Wildman–Crippen MR) is 72.3 cm³/mol. The second-order valence-corrected chi connectivity index (χ2v) is 4.69. The van der Waals surface area contributed by atoms with E-state index in [0.717, 1.165) is 38.8 Å². The molecule has 0 bridgehead atoms. The third kappa shape index (κ3) is 1.29. The van der Waals surface area contributed by atoms with E-state index in [1.54, 1.807) is 19.5 Å². The molecule has 0 saturated carbocycles. The number of rotatable bonds is 1. The van der Waals surface area contributed by atoms with E-state index < -0.39 is 0 Å². The van der Waals surface area contributed by atoms with E-state index in [-0.39, 0.29) is 6.04 Å².